The fourth-order valence-corrected chi connectivity index (χ4v) is 5.50. The highest BCUT2D eigenvalue weighted by atomic mass is 16.3. The van der Waals surface area contributed by atoms with Crippen LogP contribution in [0.15, 0.2) is 48.7 Å². The van der Waals surface area contributed by atoms with Crippen molar-refractivity contribution in [1.29, 1.82) is 0 Å². The van der Waals surface area contributed by atoms with Gasteiger partial charge in [-0.25, -0.2) is 4.98 Å². The quantitative estimate of drug-likeness (QED) is 0.316. The number of pyridine rings is 1. The number of nitrogen functional groups attached to an aromatic ring is 1. The van der Waals surface area contributed by atoms with Crippen molar-refractivity contribution in [3.05, 3.63) is 54.4 Å². The summed E-state index contributed by atoms with van der Waals surface area (Å²) in [5, 5.41) is 18.7. The van der Waals surface area contributed by atoms with Crippen LogP contribution in [0, 0.1) is 11.8 Å². The summed E-state index contributed by atoms with van der Waals surface area (Å²) in [5.41, 5.74) is 16.0. The molecule has 2 saturated heterocycles. The van der Waals surface area contributed by atoms with Gasteiger partial charge in [0.05, 0.1) is 11.4 Å². The van der Waals surface area contributed by atoms with Crippen LogP contribution < -0.4 is 21.3 Å². The zero-order valence-corrected chi connectivity index (χ0v) is 21.2. The second-order valence-corrected chi connectivity index (χ2v) is 9.87. The summed E-state index contributed by atoms with van der Waals surface area (Å²) < 4.78 is 0. The smallest absolute Gasteiger partial charge is 0.169 e. The number of benzene rings is 1. The number of hydrogen-bond donors (Lipinski definition) is 3. The van der Waals surface area contributed by atoms with Crippen LogP contribution in [0.1, 0.15) is 50.6 Å². The molecule has 8 heteroatoms. The average molecular weight is 498 g/mol. The summed E-state index contributed by atoms with van der Waals surface area (Å²) >= 11 is 0. The molecule has 2 unspecified atom stereocenters. The molecule has 2 aliphatic heterocycles. The van der Waals surface area contributed by atoms with E-state index in [1.54, 1.807) is 12.1 Å². The molecule has 192 valence electrons. The lowest BCUT2D eigenvalue weighted by Crippen LogP contribution is -2.54. The number of piperazine rings is 1. The molecule has 2 atom stereocenters. The number of unbranched alkanes of at least 4 members (excludes halogenated alkanes) is 4. The first-order chi connectivity index (χ1) is 18.1. The highest BCUT2D eigenvalue weighted by molar-refractivity contribution is 5.74. The molecule has 2 aromatic heterocycles. The predicted octanol–water partition coefficient (Wildman–Crippen LogP) is 3.94. The molecular formula is C29H35N7O. The van der Waals surface area contributed by atoms with E-state index in [4.69, 9.17) is 11.5 Å². The second-order valence-electron chi connectivity index (χ2n) is 9.87. The minimum atomic E-state index is 0.181. The fourth-order valence-electron chi connectivity index (χ4n) is 5.50. The van der Waals surface area contributed by atoms with Gasteiger partial charge >= 0.3 is 0 Å². The Kier molecular flexibility index (Phi) is 7.71. The molecule has 0 radical (unpaired) electrons. The van der Waals surface area contributed by atoms with Crippen molar-refractivity contribution >= 4 is 17.2 Å². The van der Waals surface area contributed by atoms with E-state index in [0.717, 1.165) is 63.1 Å². The van der Waals surface area contributed by atoms with Crippen LogP contribution >= 0.6 is 0 Å². The Morgan fingerprint density at radius 2 is 1.76 bits per heavy atom. The van der Waals surface area contributed by atoms with Crippen LogP contribution in [0.5, 0.6) is 5.75 Å². The number of nitrogens with two attached hydrogens (primary N) is 2. The highest BCUT2D eigenvalue weighted by Gasteiger charge is 2.40. The number of nitrogens with zero attached hydrogens (tertiary/aromatic N) is 5. The van der Waals surface area contributed by atoms with Crippen LogP contribution in [0.25, 0.3) is 11.3 Å². The third-order valence-corrected chi connectivity index (χ3v) is 7.32. The zero-order valence-electron chi connectivity index (χ0n) is 21.2. The number of phenols is 1. The van der Waals surface area contributed by atoms with Gasteiger partial charge in [-0.1, -0.05) is 30.9 Å². The molecule has 0 spiro atoms. The van der Waals surface area contributed by atoms with E-state index in [2.05, 4.69) is 49.0 Å². The maximum Gasteiger partial charge on any atom is 0.169 e. The number of hydrogen-bond acceptors (Lipinski definition) is 8. The summed E-state index contributed by atoms with van der Waals surface area (Å²) in [6.07, 6.45) is 9.57. The minimum Gasteiger partial charge on any atom is -0.507 e. The molecule has 1 aromatic carbocycles. The molecule has 0 aliphatic carbocycles. The Labute approximate surface area is 218 Å². The molecule has 5 N–H and O–H groups in total. The summed E-state index contributed by atoms with van der Waals surface area (Å²) in [6.45, 7) is 2.46. The van der Waals surface area contributed by atoms with Crippen molar-refractivity contribution in [2.45, 2.75) is 57.0 Å². The molecule has 37 heavy (non-hydrogen) atoms. The first-order valence-corrected chi connectivity index (χ1v) is 13.2. The van der Waals surface area contributed by atoms with Gasteiger partial charge in [0.2, 0.25) is 0 Å². The van der Waals surface area contributed by atoms with Crippen molar-refractivity contribution in [1.82, 2.24) is 15.2 Å². The van der Waals surface area contributed by atoms with Gasteiger partial charge in [0, 0.05) is 49.0 Å². The number of phenolic OH excluding ortho intramolecular Hbond substituents is 1. The zero-order chi connectivity index (χ0) is 25.6. The largest absolute Gasteiger partial charge is 0.507 e. The number of aromatic hydroxyl groups is 1. The van der Waals surface area contributed by atoms with Gasteiger partial charge in [-0.05, 0) is 68.5 Å². The topological polar surface area (TPSA) is 117 Å². The van der Waals surface area contributed by atoms with E-state index in [9.17, 15) is 5.11 Å². The van der Waals surface area contributed by atoms with E-state index in [-0.39, 0.29) is 5.75 Å². The molecule has 0 saturated carbocycles. The maximum absolute atomic E-state index is 10.3. The van der Waals surface area contributed by atoms with Crippen molar-refractivity contribution in [3.8, 4) is 28.8 Å². The number of para-hydroxylation sites is 1. The van der Waals surface area contributed by atoms with E-state index >= 15 is 0 Å². The van der Waals surface area contributed by atoms with Crippen LogP contribution in [0.2, 0.25) is 0 Å². The van der Waals surface area contributed by atoms with Crippen molar-refractivity contribution in [2.75, 3.05) is 35.2 Å². The van der Waals surface area contributed by atoms with E-state index in [1.807, 2.05) is 24.4 Å². The molecule has 0 amide bonds. The van der Waals surface area contributed by atoms with Gasteiger partial charge in [-0.15, -0.1) is 10.2 Å². The Bertz CT molecular complexity index is 1270. The van der Waals surface area contributed by atoms with Gasteiger partial charge < -0.3 is 26.4 Å². The van der Waals surface area contributed by atoms with E-state index in [1.165, 1.54) is 18.5 Å². The third kappa shape index (κ3) is 5.62. The maximum atomic E-state index is 10.3. The molecular weight excluding hydrogens is 462 g/mol. The number of fused-ring (bicyclic) bond motifs is 2. The number of aromatic nitrogens is 3. The molecule has 2 aliphatic rings. The molecule has 8 nitrogen and oxygen atoms in total. The monoisotopic (exact) mass is 497 g/mol. The standard InChI is InChI=1S/C29H35N7O/c30-15-8-4-2-1-3-5-9-21-17-22(14-16-32-21)36-23-12-13-24(36)20-35(19-23)27-18-26(33-34-29(27)31)25-10-6-7-11-28(25)37/h6-7,10-11,14,16-18,23-24,37H,1-4,8,12-13,15,19-20,30H2,(H2,31,34). The molecule has 4 heterocycles. The van der Waals surface area contributed by atoms with Gasteiger partial charge in [0.15, 0.2) is 5.82 Å². The SMILES string of the molecule is NCCCCCCC#Cc1cc(N2C3CCC2CN(c2cc(-c4ccccc4O)nnc2N)C3)ccn1. The first kappa shape index (κ1) is 24.8. The Morgan fingerprint density at radius 3 is 2.54 bits per heavy atom. The normalized spacial score (nSPS) is 18.5. The lowest BCUT2D eigenvalue weighted by Gasteiger charge is -2.43. The molecule has 3 aromatic rings. The average Bonchev–Trinajstić information content (AvgIpc) is 3.18. The highest BCUT2D eigenvalue weighted by Crippen LogP contribution is 2.38. The van der Waals surface area contributed by atoms with Crippen molar-refractivity contribution < 1.29 is 5.11 Å². The van der Waals surface area contributed by atoms with Crippen LogP contribution in [-0.2, 0) is 0 Å². The summed E-state index contributed by atoms with van der Waals surface area (Å²) in [4.78, 5) is 9.34. The molecule has 2 bridgehead atoms. The molecule has 2 fully saturated rings. The van der Waals surface area contributed by atoms with Gasteiger partial charge in [0.1, 0.15) is 11.4 Å². The lowest BCUT2D eigenvalue weighted by atomic mass is 10.1. The van der Waals surface area contributed by atoms with Crippen LogP contribution in [-0.4, -0.2) is 52.0 Å². The Morgan fingerprint density at radius 1 is 0.973 bits per heavy atom. The summed E-state index contributed by atoms with van der Waals surface area (Å²) in [5.74, 6) is 7.14. The minimum absolute atomic E-state index is 0.181. The Hall–Kier alpha value is -3.83. The van der Waals surface area contributed by atoms with Gasteiger partial charge in [-0.2, -0.15) is 0 Å². The lowest BCUT2D eigenvalue weighted by molar-refractivity contribution is 0.477. The van der Waals surface area contributed by atoms with E-state index < -0.39 is 0 Å². The predicted molar refractivity (Wildman–Crippen MR) is 148 cm³/mol. The molecule has 5 rings (SSSR count). The second kappa shape index (κ2) is 11.5. The number of rotatable bonds is 8. The van der Waals surface area contributed by atoms with Crippen LogP contribution in [0.3, 0.4) is 0 Å². The summed E-state index contributed by atoms with van der Waals surface area (Å²) in [7, 11) is 0. The van der Waals surface area contributed by atoms with Gasteiger partial charge in [0.25, 0.3) is 0 Å². The Balaban J connectivity index is 1.28. The van der Waals surface area contributed by atoms with Gasteiger partial charge in [-0.3, -0.25) is 0 Å². The third-order valence-electron chi connectivity index (χ3n) is 7.32. The van der Waals surface area contributed by atoms with Crippen molar-refractivity contribution in [3.63, 3.8) is 0 Å². The van der Waals surface area contributed by atoms with E-state index in [0.29, 0.717) is 29.2 Å². The van der Waals surface area contributed by atoms with Crippen LogP contribution in [0.4, 0.5) is 17.2 Å². The fraction of sp³-hybridized carbons (Fsp3) is 0.414. The van der Waals surface area contributed by atoms with Crippen molar-refractivity contribution in [2.24, 2.45) is 5.73 Å². The summed E-state index contributed by atoms with van der Waals surface area (Å²) in [6, 6.07) is 14.1. The number of anilines is 3. The first-order valence-electron chi connectivity index (χ1n) is 13.2.